The molecule has 4 N–H and O–H groups in total. The molecule has 2 atom stereocenters. The minimum atomic E-state index is -3.04. The number of H-pyrrole nitrogens is 2. The van der Waals surface area contributed by atoms with E-state index in [1.54, 1.807) is 22.5 Å². The maximum absolute atomic E-state index is 9.26. The second kappa shape index (κ2) is 23.5. The summed E-state index contributed by atoms with van der Waals surface area (Å²) in [6.45, 7) is 6.04. The summed E-state index contributed by atoms with van der Waals surface area (Å²) in [5.41, 5.74) is 4.08. The van der Waals surface area contributed by atoms with Gasteiger partial charge in [0.1, 0.15) is 35.0 Å². The van der Waals surface area contributed by atoms with Crippen LogP contribution in [0.15, 0.2) is 62.0 Å². The highest BCUT2D eigenvalue weighted by Gasteiger charge is 2.48. The summed E-state index contributed by atoms with van der Waals surface area (Å²) >= 11 is 2.46. The van der Waals surface area contributed by atoms with Crippen molar-refractivity contribution in [2.45, 2.75) is 37.8 Å². The molecule has 332 valence electrons. The monoisotopic (exact) mass is 938 g/mol. The van der Waals surface area contributed by atoms with E-state index in [2.05, 4.69) is 61.6 Å². The van der Waals surface area contributed by atoms with E-state index in [4.69, 9.17) is 48.1 Å². The van der Waals surface area contributed by atoms with Gasteiger partial charge in [0.25, 0.3) is 0 Å². The van der Waals surface area contributed by atoms with Gasteiger partial charge in [-0.15, -0.1) is 18.6 Å². The van der Waals surface area contributed by atoms with E-state index in [0.29, 0.717) is 39.0 Å². The summed E-state index contributed by atoms with van der Waals surface area (Å²) in [4.78, 5) is 51.6. The predicted molar refractivity (Wildman–Crippen MR) is 217 cm³/mol. The fraction of sp³-hybridized carbons (Fsp3) is 0.375. The maximum atomic E-state index is 9.26. The molecule has 2 aliphatic rings. The molecule has 30 heteroatoms. The second-order valence-corrected chi connectivity index (χ2v) is 15.8. The van der Waals surface area contributed by atoms with Crippen LogP contribution in [0.4, 0.5) is 0 Å². The number of aromatic nitrogens is 10. The standard InChI is InChI=1S/2C16H17N7O2S.2HO4P.2H2/c2*1-2-26-25-24-22-9-16(10-22,4-5-17)23-8-12(7-21-23)14-13-3-6-18-15(13)20-11-19-14;2*1-4-5(2)3;;/h2*3,6-8,11H,2,4,9-10H2,1H3,(H,18,19,20);2*1H;2*1H. The number of hydrogen-bond donors (Lipinski definition) is 4. The van der Waals surface area contributed by atoms with Crippen molar-refractivity contribution in [3.63, 3.8) is 0 Å². The van der Waals surface area contributed by atoms with Gasteiger partial charge in [0.15, 0.2) is 0 Å². The molecule has 8 heterocycles. The Bertz CT molecular complexity index is 2310. The van der Waals surface area contributed by atoms with Crippen LogP contribution in [0.1, 0.15) is 29.5 Å². The van der Waals surface area contributed by atoms with Crippen molar-refractivity contribution in [1.29, 1.82) is 10.5 Å². The van der Waals surface area contributed by atoms with Gasteiger partial charge in [-0.1, -0.05) is 13.8 Å². The summed E-state index contributed by atoms with van der Waals surface area (Å²) in [7, 11) is -6.09. The first-order chi connectivity index (χ1) is 30.0. The van der Waals surface area contributed by atoms with Gasteiger partial charge in [-0.25, -0.2) is 30.5 Å². The van der Waals surface area contributed by atoms with Crippen LogP contribution < -0.4 is 9.79 Å². The molecule has 0 saturated carbocycles. The zero-order chi connectivity index (χ0) is 44.5. The molecule has 8 rings (SSSR count). The fourth-order valence-corrected chi connectivity index (χ4v) is 6.59. The summed E-state index contributed by atoms with van der Waals surface area (Å²) in [5.74, 6) is 1.60. The first kappa shape index (κ1) is 48.1. The van der Waals surface area contributed by atoms with Gasteiger partial charge < -0.3 is 19.8 Å². The number of hydrogen-bond acceptors (Lipinski definition) is 24. The molecular formula is C32H40N14O12P2S2. The number of nitrogens with one attached hydrogen (secondary N) is 2. The molecular weight excluding hydrogens is 899 g/mol. The zero-order valence-electron chi connectivity index (χ0n) is 32.5. The molecule has 0 aliphatic carbocycles. The second-order valence-electron chi connectivity index (χ2n) is 12.7. The lowest BCUT2D eigenvalue weighted by Gasteiger charge is -2.46. The normalized spacial score (nSPS) is 15.6. The molecule has 0 radical (unpaired) electrons. The van der Waals surface area contributed by atoms with Gasteiger partial charge >= 0.3 is 16.5 Å². The quantitative estimate of drug-likeness (QED) is 0.0350. The van der Waals surface area contributed by atoms with Gasteiger partial charge in [-0.2, -0.15) is 30.8 Å². The molecule has 2 saturated heterocycles. The lowest BCUT2D eigenvalue weighted by atomic mass is 9.89. The number of fused-ring (bicyclic) bond motifs is 2. The van der Waals surface area contributed by atoms with Crippen LogP contribution in [0.3, 0.4) is 0 Å². The van der Waals surface area contributed by atoms with Gasteiger partial charge in [-0.05, 0) is 21.3 Å². The lowest BCUT2D eigenvalue weighted by molar-refractivity contribution is -0.400. The number of hydroxylamine groups is 4. The summed E-state index contributed by atoms with van der Waals surface area (Å²) < 4.78 is 37.0. The molecule has 0 bridgehead atoms. The van der Waals surface area contributed by atoms with E-state index in [9.17, 15) is 10.5 Å². The molecule has 0 amide bonds. The number of nitriles is 2. The van der Waals surface area contributed by atoms with Crippen LogP contribution in [0.25, 0.3) is 44.6 Å². The Morgan fingerprint density at radius 1 is 0.758 bits per heavy atom. The largest absolute Gasteiger partial charge is 0.565 e. The van der Waals surface area contributed by atoms with E-state index in [1.165, 1.54) is 36.7 Å². The van der Waals surface area contributed by atoms with E-state index in [0.717, 1.165) is 56.1 Å². The van der Waals surface area contributed by atoms with Crippen molar-refractivity contribution in [3.8, 4) is 34.7 Å². The number of nitrogens with zero attached hydrogens (tertiary/aromatic N) is 12. The van der Waals surface area contributed by atoms with Crippen LogP contribution in [0, 0.1) is 22.7 Å². The first-order valence-corrected chi connectivity index (χ1v) is 21.8. The Morgan fingerprint density at radius 3 is 1.48 bits per heavy atom. The molecule has 6 aromatic heterocycles. The van der Waals surface area contributed by atoms with Crippen molar-refractivity contribution in [3.05, 3.63) is 62.0 Å². The molecule has 26 nitrogen and oxygen atoms in total. The van der Waals surface area contributed by atoms with Gasteiger partial charge in [0.2, 0.25) is 0 Å². The highest BCUT2D eigenvalue weighted by atomic mass is 32.2. The van der Waals surface area contributed by atoms with Gasteiger partial charge in [0, 0.05) is 94.5 Å². The van der Waals surface area contributed by atoms with E-state index < -0.39 is 27.6 Å². The third kappa shape index (κ3) is 12.2. The Balaban J connectivity index is 0.000000274. The van der Waals surface area contributed by atoms with Gasteiger partial charge in [0.05, 0.1) is 74.9 Å². The minimum absolute atomic E-state index is 0. The third-order valence-corrected chi connectivity index (χ3v) is 9.88. The van der Waals surface area contributed by atoms with Crippen molar-refractivity contribution in [2.24, 2.45) is 0 Å². The smallest absolute Gasteiger partial charge is 0.521 e. The van der Waals surface area contributed by atoms with Crippen molar-refractivity contribution in [1.82, 2.24) is 59.6 Å². The third-order valence-electron chi connectivity index (χ3n) is 8.83. The van der Waals surface area contributed by atoms with E-state index in [1.807, 2.05) is 60.1 Å². The predicted octanol–water partition coefficient (Wildman–Crippen LogP) is 4.03. The summed E-state index contributed by atoms with van der Waals surface area (Å²) in [5, 5.41) is 46.8. The molecule has 2 unspecified atom stereocenters. The van der Waals surface area contributed by atoms with E-state index >= 15 is 0 Å². The highest BCUT2D eigenvalue weighted by molar-refractivity contribution is 7.94. The van der Waals surface area contributed by atoms with Gasteiger partial charge in [-0.3, -0.25) is 9.36 Å². The average molecular weight is 939 g/mol. The maximum Gasteiger partial charge on any atom is 0.521 e. The molecule has 62 heavy (non-hydrogen) atoms. The van der Waals surface area contributed by atoms with Crippen molar-refractivity contribution >= 4 is 62.7 Å². The Hall–Kier alpha value is -4.94. The van der Waals surface area contributed by atoms with E-state index in [-0.39, 0.29) is 2.85 Å². The Morgan fingerprint density at radius 2 is 1.15 bits per heavy atom. The molecule has 2 fully saturated rings. The van der Waals surface area contributed by atoms with Crippen LogP contribution in [-0.2, 0) is 48.2 Å². The Kier molecular flexibility index (Phi) is 18.2. The average Bonchev–Trinajstić information content (AvgIpc) is 4.10. The van der Waals surface area contributed by atoms with Crippen LogP contribution in [-0.4, -0.2) is 108 Å². The minimum Gasteiger partial charge on any atom is -0.565 e. The highest BCUT2D eigenvalue weighted by Crippen LogP contribution is 2.36. The topological polar surface area (TPSA) is 349 Å². The lowest BCUT2D eigenvalue weighted by Crippen LogP contribution is -2.62. The first-order valence-electron chi connectivity index (χ1n) is 17.8. The molecule has 0 spiro atoms. The number of aromatic amines is 2. The zero-order valence-corrected chi connectivity index (χ0v) is 35.9. The van der Waals surface area contributed by atoms with Crippen molar-refractivity contribution < 1.29 is 60.3 Å². The van der Waals surface area contributed by atoms with Crippen LogP contribution in [0.2, 0.25) is 0 Å². The summed E-state index contributed by atoms with van der Waals surface area (Å²) in [6.07, 6.45) is 14.8. The summed E-state index contributed by atoms with van der Waals surface area (Å²) in [6, 6.07) is 8.38. The fourth-order valence-electron chi connectivity index (χ4n) is 6.13. The molecule has 2 aliphatic heterocycles. The Labute approximate surface area is 364 Å². The SMILES string of the molecule is CCSOON1CC(CC#N)(n2cc(-c3ncnc4[nH]ccc34)cn2)C1.CCSOON1CC(CC#N)(n2cc(-c3ncnc4[nH]ccc34)cn2)C1.O=[P+]([O-])OO.O=[P+]([O-])OO.[HH].[HH]. The van der Waals surface area contributed by atoms with Crippen molar-refractivity contribution in [2.75, 3.05) is 37.7 Å². The number of rotatable bonds is 16. The van der Waals surface area contributed by atoms with Crippen LogP contribution >= 0.6 is 40.6 Å². The molecule has 6 aromatic rings. The molecule has 0 aromatic carbocycles. The van der Waals surface area contributed by atoms with Crippen LogP contribution in [0.5, 0.6) is 0 Å².